The van der Waals surface area contributed by atoms with Gasteiger partial charge in [-0.2, -0.15) is 0 Å². The molecular weight excluding hydrogens is 592 g/mol. The number of furan rings is 1. The zero-order valence-electron chi connectivity index (χ0n) is 27.1. The number of epoxide rings is 1. The SMILES string of the molecule is CC(=O)OC1CC2(C)C(c3ccoc3)CC3OC32C2(C)C(=O)C(O)=C3C(C)(C)C(=O)C=CC3(C)C12.CC(=O)Oc1ccc(O)cc1. The highest BCUT2D eigenvalue weighted by atomic mass is 16.6. The fourth-order valence-electron chi connectivity index (χ4n) is 9.91. The predicted molar refractivity (Wildman–Crippen MR) is 164 cm³/mol. The number of benzene rings is 1. The number of allylic oxidation sites excluding steroid dienone is 4. The van der Waals surface area contributed by atoms with Crippen molar-refractivity contribution in [3.63, 3.8) is 0 Å². The summed E-state index contributed by atoms with van der Waals surface area (Å²) in [6.07, 6.45) is 7.17. The average Bonchev–Trinajstić information content (AvgIpc) is 3.33. The topological polar surface area (TPSA) is 153 Å². The van der Waals surface area contributed by atoms with Crippen molar-refractivity contribution in [1.29, 1.82) is 0 Å². The Labute approximate surface area is 267 Å². The second-order valence-corrected chi connectivity index (χ2v) is 14.4. The molecule has 0 bridgehead atoms. The summed E-state index contributed by atoms with van der Waals surface area (Å²) in [6, 6.07) is 7.91. The smallest absolute Gasteiger partial charge is 0.308 e. The Balaban J connectivity index is 0.000000288. The Morgan fingerprint density at radius 3 is 2.22 bits per heavy atom. The maximum Gasteiger partial charge on any atom is 0.308 e. The van der Waals surface area contributed by atoms with Gasteiger partial charge >= 0.3 is 11.9 Å². The monoisotopic (exact) mass is 632 g/mol. The molecule has 8 unspecified atom stereocenters. The standard InChI is InChI=1S/C28H32O7.C8H8O3/c1-14(29)34-17-12-26(5)16(15-8-10-33-13-15)11-19-28(26,35-19)27(6)21(17)25(4)9-7-18(30)24(2,3)22(25)20(31)23(27)32;1-6(9)11-8-4-2-7(10)3-5-8/h7-10,13,16-17,19,21,31H,11-12H2,1-6H3;2-5,10H,1H3. The molecule has 10 nitrogen and oxygen atoms in total. The molecule has 1 spiro atoms. The summed E-state index contributed by atoms with van der Waals surface area (Å²) in [7, 11) is 0. The van der Waals surface area contributed by atoms with Gasteiger partial charge in [0.15, 0.2) is 11.5 Å². The van der Waals surface area contributed by atoms with Gasteiger partial charge < -0.3 is 28.8 Å². The molecule has 1 aromatic carbocycles. The number of phenolic OH excluding ortho intramolecular Hbond substituents is 1. The number of aliphatic hydroxyl groups excluding tert-OH is 1. The van der Waals surface area contributed by atoms with Crippen LogP contribution in [0.3, 0.4) is 0 Å². The third kappa shape index (κ3) is 4.11. The first-order valence-electron chi connectivity index (χ1n) is 15.5. The fourth-order valence-corrected chi connectivity index (χ4v) is 9.91. The van der Waals surface area contributed by atoms with E-state index in [1.54, 1.807) is 38.5 Å². The van der Waals surface area contributed by atoms with E-state index < -0.39 is 51.0 Å². The van der Waals surface area contributed by atoms with Crippen LogP contribution in [-0.2, 0) is 28.7 Å². The molecule has 1 aromatic heterocycles. The molecule has 8 atom stereocenters. The Kier molecular flexibility index (Phi) is 7.02. The number of carbonyl (C=O) groups excluding carboxylic acids is 4. The quantitative estimate of drug-likeness (QED) is 0.243. The maximum atomic E-state index is 14.3. The summed E-state index contributed by atoms with van der Waals surface area (Å²) >= 11 is 0. The van der Waals surface area contributed by atoms with Gasteiger partial charge in [-0.1, -0.05) is 19.9 Å². The second kappa shape index (κ2) is 10.2. The van der Waals surface area contributed by atoms with Crippen LogP contribution >= 0.6 is 0 Å². The highest BCUT2D eigenvalue weighted by molar-refractivity contribution is 6.06. The maximum absolute atomic E-state index is 14.3. The number of fused-ring (bicyclic) bond motifs is 3. The van der Waals surface area contributed by atoms with Crippen molar-refractivity contribution < 1.29 is 48.0 Å². The average molecular weight is 633 g/mol. The van der Waals surface area contributed by atoms with Gasteiger partial charge in [-0.15, -0.1) is 0 Å². The summed E-state index contributed by atoms with van der Waals surface area (Å²) < 4.78 is 22.6. The number of Topliss-reactive ketones (excluding diaryl/α,β-unsaturated/α-hetero) is 1. The molecule has 1 aliphatic heterocycles. The molecule has 3 fully saturated rings. The Morgan fingerprint density at radius 2 is 1.63 bits per heavy atom. The van der Waals surface area contributed by atoms with E-state index in [1.165, 1.54) is 38.1 Å². The van der Waals surface area contributed by atoms with Crippen molar-refractivity contribution >= 4 is 23.5 Å². The molecule has 2 saturated carbocycles. The number of aliphatic hydroxyl groups is 1. The van der Waals surface area contributed by atoms with Crippen molar-refractivity contribution in [3.8, 4) is 11.5 Å². The number of rotatable bonds is 3. The van der Waals surface area contributed by atoms with Gasteiger partial charge in [0.05, 0.1) is 29.5 Å². The van der Waals surface area contributed by atoms with Gasteiger partial charge in [0.25, 0.3) is 0 Å². The molecule has 1 saturated heterocycles. The van der Waals surface area contributed by atoms with Gasteiger partial charge in [0, 0.05) is 30.6 Å². The van der Waals surface area contributed by atoms with Crippen molar-refractivity contribution in [2.75, 3.05) is 0 Å². The van der Waals surface area contributed by atoms with E-state index in [0.717, 1.165) is 5.56 Å². The van der Waals surface area contributed by atoms with E-state index >= 15 is 0 Å². The van der Waals surface area contributed by atoms with Crippen LogP contribution < -0.4 is 4.74 Å². The molecule has 0 radical (unpaired) electrons. The van der Waals surface area contributed by atoms with E-state index in [-0.39, 0.29) is 35.3 Å². The molecule has 46 heavy (non-hydrogen) atoms. The molecular formula is C36H40O10. The largest absolute Gasteiger partial charge is 0.508 e. The van der Waals surface area contributed by atoms with Gasteiger partial charge in [-0.05, 0) is 87.1 Å². The number of hydrogen-bond acceptors (Lipinski definition) is 10. The predicted octanol–water partition coefficient (Wildman–Crippen LogP) is 5.75. The van der Waals surface area contributed by atoms with E-state index in [9.17, 15) is 24.3 Å². The molecule has 244 valence electrons. The van der Waals surface area contributed by atoms with Crippen molar-refractivity contribution in [2.45, 2.75) is 85.0 Å². The van der Waals surface area contributed by atoms with Crippen molar-refractivity contribution in [2.24, 2.45) is 27.6 Å². The van der Waals surface area contributed by atoms with Crippen LogP contribution in [0, 0.1) is 27.6 Å². The number of ether oxygens (including phenoxy) is 3. The molecule has 2 aromatic rings. The molecule has 5 aliphatic rings. The summed E-state index contributed by atoms with van der Waals surface area (Å²) in [6.45, 7) is 12.1. The van der Waals surface area contributed by atoms with E-state index in [1.807, 2.05) is 19.9 Å². The highest BCUT2D eigenvalue weighted by Gasteiger charge is 2.89. The highest BCUT2D eigenvalue weighted by Crippen LogP contribution is 2.81. The molecule has 2 heterocycles. The minimum Gasteiger partial charge on any atom is -0.508 e. The van der Waals surface area contributed by atoms with Gasteiger partial charge in [-0.3, -0.25) is 19.2 Å². The molecule has 0 amide bonds. The molecule has 2 N–H and O–H groups in total. The molecule has 4 aliphatic carbocycles. The van der Waals surface area contributed by atoms with Crippen LogP contribution in [0.25, 0.3) is 0 Å². The summed E-state index contributed by atoms with van der Waals surface area (Å²) in [5.41, 5.74) is -3.06. The number of esters is 2. The molecule has 7 rings (SSSR count). The lowest BCUT2D eigenvalue weighted by molar-refractivity contribution is -0.200. The van der Waals surface area contributed by atoms with Crippen LogP contribution in [0.15, 0.2) is 70.8 Å². The van der Waals surface area contributed by atoms with Crippen LogP contribution in [0.1, 0.15) is 72.8 Å². The minimum atomic E-state index is -1.17. The van der Waals surface area contributed by atoms with E-state index in [4.69, 9.17) is 23.7 Å². The number of aromatic hydroxyl groups is 1. The number of carbonyl (C=O) groups is 4. The number of phenols is 1. The van der Waals surface area contributed by atoms with Crippen LogP contribution in [0.2, 0.25) is 0 Å². The summed E-state index contributed by atoms with van der Waals surface area (Å²) in [5.74, 6) is -1.61. The Hall–Kier alpha value is -4.18. The summed E-state index contributed by atoms with van der Waals surface area (Å²) in [4.78, 5) is 50.0. The fraction of sp³-hybridized carbons (Fsp3) is 0.500. The van der Waals surface area contributed by atoms with Gasteiger partial charge in [0.1, 0.15) is 23.2 Å². The van der Waals surface area contributed by atoms with Crippen LogP contribution in [0.4, 0.5) is 0 Å². The zero-order chi connectivity index (χ0) is 33.6. The Morgan fingerprint density at radius 1 is 0.957 bits per heavy atom. The number of hydrogen-bond donors (Lipinski definition) is 2. The normalized spacial score (nSPS) is 38.0. The van der Waals surface area contributed by atoms with E-state index in [2.05, 4.69) is 6.92 Å². The molecule has 10 heteroatoms. The Bertz CT molecular complexity index is 1680. The third-order valence-electron chi connectivity index (χ3n) is 11.5. The lowest BCUT2D eigenvalue weighted by atomic mass is 9.38. The third-order valence-corrected chi connectivity index (χ3v) is 11.5. The van der Waals surface area contributed by atoms with Crippen LogP contribution in [-0.4, -0.2) is 51.5 Å². The first-order valence-corrected chi connectivity index (χ1v) is 15.5. The first kappa shape index (κ1) is 31.8. The summed E-state index contributed by atoms with van der Waals surface area (Å²) in [5, 5.41) is 20.4. The van der Waals surface area contributed by atoms with Gasteiger partial charge in [0.2, 0.25) is 5.78 Å². The van der Waals surface area contributed by atoms with Gasteiger partial charge in [-0.25, -0.2) is 0 Å². The first-order chi connectivity index (χ1) is 21.4. The van der Waals surface area contributed by atoms with Crippen molar-refractivity contribution in [3.05, 3.63) is 71.9 Å². The number of ketones is 2. The minimum absolute atomic E-state index is 0.0453. The van der Waals surface area contributed by atoms with E-state index in [0.29, 0.717) is 24.2 Å². The lowest BCUT2D eigenvalue weighted by Gasteiger charge is -2.64. The zero-order valence-corrected chi connectivity index (χ0v) is 27.1. The van der Waals surface area contributed by atoms with Crippen molar-refractivity contribution in [1.82, 2.24) is 0 Å². The van der Waals surface area contributed by atoms with Crippen LogP contribution in [0.5, 0.6) is 11.5 Å². The lowest BCUT2D eigenvalue weighted by Crippen LogP contribution is -2.70. The second-order valence-electron chi connectivity index (χ2n) is 14.4.